The van der Waals surface area contributed by atoms with Crippen LogP contribution in [-0.2, 0) is 9.59 Å². The number of carboxylic acid groups (broad SMARTS) is 1. The highest BCUT2D eigenvalue weighted by atomic mass is 32.1. The van der Waals surface area contributed by atoms with Gasteiger partial charge < -0.3 is 16.2 Å². The Kier molecular flexibility index (Phi) is 5.30. The monoisotopic (exact) mass is 270 g/mol. The van der Waals surface area contributed by atoms with Crippen molar-refractivity contribution in [3.8, 4) is 0 Å². The molecule has 0 bridgehead atoms. The zero-order chi connectivity index (χ0) is 13.7. The van der Waals surface area contributed by atoms with E-state index in [1.807, 2.05) is 25.3 Å². The topological polar surface area (TPSA) is 92.4 Å². The first-order chi connectivity index (χ1) is 8.41. The minimum absolute atomic E-state index is 0.0128. The van der Waals surface area contributed by atoms with Crippen molar-refractivity contribution in [3.05, 3.63) is 22.4 Å². The van der Waals surface area contributed by atoms with Crippen molar-refractivity contribution in [3.63, 3.8) is 0 Å². The van der Waals surface area contributed by atoms with Gasteiger partial charge in [0.1, 0.15) is 0 Å². The van der Waals surface area contributed by atoms with Crippen LogP contribution in [0.4, 0.5) is 0 Å². The molecule has 1 rings (SSSR count). The summed E-state index contributed by atoms with van der Waals surface area (Å²) >= 11 is 1.42. The molecule has 4 N–H and O–H groups in total. The number of hydrogen-bond donors (Lipinski definition) is 3. The zero-order valence-corrected chi connectivity index (χ0v) is 11.2. The molecule has 0 radical (unpaired) electrons. The molecular weight excluding hydrogens is 252 g/mol. The third-order valence-corrected chi connectivity index (χ3v) is 3.59. The first-order valence-corrected chi connectivity index (χ1v) is 6.61. The second-order valence-corrected chi connectivity index (χ2v) is 5.42. The lowest BCUT2D eigenvalue weighted by Crippen LogP contribution is -2.45. The number of nitrogens with one attached hydrogen (secondary N) is 1. The van der Waals surface area contributed by atoms with Gasteiger partial charge in [0.15, 0.2) is 0 Å². The summed E-state index contributed by atoms with van der Waals surface area (Å²) in [6.45, 7) is 3.70. The van der Waals surface area contributed by atoms with Crippen LogP contribution in [0.2, 0.25) is 0 Å². The molecule has 0 aliphatic heterocycles. The van der Waals surface area contributed by atoms with Gasteiger partial charge >= 0.3 is 5.97 Å². The molecule has 0 saturated heterocycles. The Morgan fingerprint density at radius 2 is 2.17 bits per heavy atom. The Balaban J connectivity index is 2.74. The van der Waals surface area contributed by atoms with Crippen molar-refractivity contribution < 1.29 is 14.7 Å². The van der Waals surface area contributed by atoms with E-state index in [-0.39, 0.29) is 18.2 Å². The molecule has 0 aromatic carbocycles. The van der Waals surface area contributed by atoms with Gasteiger partial charge in [0.25, 0.3) is 0 Å². The predicted molar refractivity (Wildman–Crippen MR) is 70.3 cm³/mol. The van der Waals surface area contributed by atoms with Crippen LogP contribution in [0.25, 0.3) is 0 Å². The third kappa shape index (κ3) is 4.12. The first-order valence-electron chi connectivity index (χ1n) is 5.73. The summed E-state index contributed by atoms with van der Waals surface area (Å²) in [6, 6.07) is 2.49. The standard InChI is InChI=1S/C12H18N2O3S/c1-7(2)11(13)12(17)14-8(6-10(15)16)9-4-3-5-18-9/h3-5,7-8,11H,6,13H2,1-2H3,(H,14,17)(H,15,16). The number of aliphatic carboxylic acids is 1. The summed E-state index contributed by atoms with van der Waals surface area (Å²) in [5, 5.41) is 13.4. The minimum atomic E-state index is -0.952. The Morgan fingerprint density at radius 3 is 2.61 bits per heavy atom. The van der Waals surface area contributed by atoms with Gasteiger partial charge in [-0.2, -0.15) is 0 Å². The van der Waals surface area contributed by atoms with Gasteiger partial charge in [-0.15, -0.1) is 11.3 Å². The maximum absolute atomic E-state index is 11.8. The van der Waals surface area contributed by atoms with Gasteiger partial charge in [0, 0.05) is 4.88 Å². The van der Waals surface area contributed by atoms with Crippen LogP contribution in [0, 0.1) is 5.92 Å². The minimum Gasteiger partial charge on any atom is -0.481 e. The smallest absolute Gasteiger partial charge is 0.305 e. The Hall–Kier alpha value is -1.40. The maximum Gasteiger partial charge on any atom is 0.305 e. The molecule has 0 fully saturated rings. The van der Waals surface area contributed by atoms with Crippen LogP contribution in [-0.4, -0.2) is 23.0 Å². The van der Waals surface area contributed by atoms with Gasteiger partial charge in [-0.3, -0.25) is 9.59 Å². The molecule has 100 valence electrons. The second kappa shape index (κ2) is 6.51. The quantitative estimate of drug-likeness (QED) is 0.727. The van der Waals surface area contributed by atoms with E-state index >= 15 is 0 Å². The maximum atomic E-state index is 11.8. The molecule has 0 spiro atoms. The normalized spacial score (nSPS) is 14.2. The number of nitrogens with two attached hydrogens (primary N) is 1. The molecule has 1 heterocycles. The molecule has 0 aliphatic carbocycles. The van der Waals surface area contributed by atoms with Gasteiger partial charge in [0.05, 0.1) is 18.5 Å². The summed E-state index contributed by atoms with van der Waals surface area (Å²) < 4.78 is 0. The van der Waals surface area contributed by atoms with E-state index in [1.54, 1.807) is 6.07 Å². The first kappa shape index (κ1) is 14.7. The molecule has 2 unspecified atom stereocenters. The third-order valence-electron chi connectivity index (χ3n) is 2.60. The fourth-order valence-corrected chi connectivity index (χ4v) is 2.24. The summed E-state index contributed by atoms with van der Waals surface area (Å²) in [6.07, 6.45) is -0.142. The van der Waals surface area contributed by atoms with E-state index in [2.05, 4.69) is 5.32 Å². The summed E-state index contributed by atoms with van der Waals surface area (Å²) in [5.41, 5.74) is 5.74. The molecule has 1 amide bonds. The van der Waals surface area contributed by atoms with E-state index in [1.165, 1.54) is 11.3 Å². The van der Waals surface area contributed by atoms with E-state index in [0.717, 1.165) is 4.88 Å². The molecule has 0 saturated carbocycles. The lowest BCUT2D eigenvalue weighted by atomic mass is 10.0. The van der Waals surface area contributed by atoms with Crippen LogP contribution >= 0.6 is 11.3 Å². The van der Waals surface area contributed by atoms with Crippen molar-refractivity contribution in [1.82, 2.24) is 5.32 Å². The average molecular weight is 270 g/mol. The Bertz CT molecular complexity index is 403. The molecule has 2 atom stereocenters. The fraction of sp³-hybridized carbons (Fsp3) is 0.500. The molecule has 6 heteroatoms. The second-order valence-electron chi connectivity index (χ2n) is 4.44. The van der Waals surface area contributed by atoms with Gasteiger partial charge in [-0.05, 0) is 17.4 Å². The van der Waals surface area contributed by atoms with Gasteiger partial charge in [0.2, 0.25) is 5.91 Å². The summed E-state index contributed by atoms with van der Waals surface area (Å²) in [7, 11) is 0. The van der Waals surface area contributed by atoms with Crippen molar-refractivity contribution in [1.29, 1.82) is 0 Å². The highest BCUT2D eigenvalue weighted by Crippen LogP contribution is 2.22. The Morgan fingerprint density at radius 1 is 1.50 bits per heavy atom. The lowest BCUT2D eigenvalue weighted by molar-refractivity contribution is -0.137. The number of rotatable bonds is 6. The average Bonchev–Trinajstić information content (AvgIpc) is 2.79. The van der Waals surface area contributed by atoms with Crippen LogP contribution in [0.3, 0.4) is 0 Å². The molecular formula is C12H18N2O3S. The van der Waals surface area contributed by atoms with Crippen molar-refractivity contribution in [2.24, 2.45) is 11.7 Å². The molecule has 1 aromatic heterocycles. The van der Waals surface area contributed by atoms with E-state index in [0.29, 0.717) is 0 Å². The highest BCUT2D eigenvalue weighted by Gasteiger charge is 2.23. The number of amides is 1. The lowest BCUT2D eigenvalue weighted by Gasteiger charge is -2.20. The highest BCUT2D eigenvalue weighted by molar-refractivity contribution is 7.10. The summed E-state index contributed by atoms with van der Waals surface area (Å²) in [5.74, 6) is -1.25. The molecule has 1 aromatic rings. The number of carbonyl (C=O) groups excluding carboxylic acids is 1. The van der Waals surface area contributed by atoms with Crippen LogP contribution in [0.15, 0.2) is 17.5 Å². The van der Waals surface area contributed by atoms with E-state index < -0.39 is 18.1 Å². The SMILES string of the molecule is CC(C)C(N)C(=O)NC(CC(=O)O)c1cccs1. The van der Waals surface area contributed by atoms with Crippen molar-refractivity contribution in [2.75, 3.05) is 0 Å². The van der Waals surface area contributed by atoms with Gasteiger partial charge in [-0.1, -0.05) is 19.9 Å². The van der Waals surface area contributed by atoms with Crippen LogP contribution in [0.1, 0.15) is 31.2 Å². The van der Waals surface area contributed by atoms with E-state index in [9.17, 15) is 9.59 Å². The van der Waals surface area contributed by atoms with Crippen LogP contribution in [0.5, 0.6) is 0 Å². The van der Waals surface area contributed by atoms with Crippen molar-refractivity contribution >= 4 is 23.2 Å². The van der Waals surface area contributed by atoms with E-state index in [4.69, 9.17) is 10.8 Å². The number of carbonyl (C=O) groups is 2. The van der Waals surface area contributed by atoms with Gasteiger partial charge in [-0.25, -0.2) is 0 Å². The predicted octanol–water partition coefficient (Wildman–Crippen LogP) is 1.36. The Labute approximate surface area is 110 Å². The van der Waals surface area contributed by atoms with Crippen LogP contribution < -0.4 is 11.1 Å². The fourth-order valence-electron chi connectivity index (χ4n) is 1.46. The molecule has 18 heavy (non-hydrogen) atoms. The zero-order valence-electron chi connectivity index (χ0n) is 10.4. The number of carboxylic acids is 1. The molecule has 5 nitrogen and oxygen atoms in total. The number of thiophene rings is 1. The number of hydrogen-bond acceptors (Lipinski definition) is 4. The summed E-state index contributed by atoms with van der Waals surface area (Å²) in [4.78, 5) is 23.5. The largest absolute Gasteiger partial charge is 0.481 e. The molecule has 0 aliphatic rings. The van der Waals surface area contributed by atoms with Crippen molar-refractivity contribution in [2.45, 2.75) is 32.4 Å².